The predicted molar refractivity (Wildman–Crippen MR) is 76.1 cm³/mol. The van der Waals surface area contributed by atoms with Gasteiger partial charge in [0.2, 0.25) is 5.91 Å². The average molecular weight is 317 g/mol. The molecule has 17 heavy (non-hydrogen) atoms. The lowest BCUT2D eigenvalue weighted by atomic mass is 10.2. The van der Waals surface area contributed by atoms with Crippen LogP contribution in [0.15, 0.2) is 27.6 Å². The van der Waals surface area contributed by atoms with Gasteiger partial charge in [-0.05, 0) is 30.7 Å². The average Bonchev–Trinajstić information content (AvgIpc) is 2.29. The van der Waals surface area contributed by atoms with Gasteiger partial charge >= 0.3 is 0 Å². The normalized spacial score (nSPS) is 10.5. The Hall–Kier alpha value is -0.520. The first kappa shape index (κ1) is 14.5. The molecule has 1 aromatic rings. The van der Waals surface area contributed by atoms with Crippen LogP contribution < -0.4 is 11.1 Å². The number of halogens is 1. The van der Waals surface area contributed by atoms with Crippen LogP contribution in [-0.4, -0.2) is 18.2 Å². The summed E-state index contributed by atoms with van der Waals surface area (Å²) in [5.41, 5.74) is 6.36. The Morgan fingerprint density at radius 1 is 1.53 bits per heavy atom. The van der Waals surface area contributed by atoms with Crippen molar-refractivity contribution in [3.63, 3.8) is 0 Å². The third kappa shape index (κ3) is 5.57. The van der Waals surface area contributed by atoms with E-state index < -0.39 is 0 Å². The van der Waals surface area contributed by atoms with Crippen molar-refractivity contribution >= 4 is 33.6 Å². The number of nitrogens with two attached hydrogens (primary N) is 1. The molecule has 1 aromatic carbocycles. The number of carbonyl (C=O) groups is 1. The van der Waals surface area contributed by atoms with Crippen LogP contribution >= 0.6 is 27.7 Å². The number of amides is 1. The van der Waals surface area contributed by atoms with Crippen LogP contribution in [0.3, 0.4) is 0 Å². The van der Waals surface area contributed by atoms with E-state index in [1.165, 1.54) is 17.3 Å². The van der Waals surface area contributed by atoms with E-state index >= 15 is 0 Å². The van der Waals surface area contributed by atoms with Gasteiger partial charge in [-0.15, -0.1) is 11.8 Å². The molecular formula is C12H17BrN2OS. The zero-order chi connectivity index (χ0) is 12.7. The monoisotopic (exact) mass is 316 g/mol. The summed E-state index contributed by atoms with van der Waals surface area (Å²) in [5, 5.41) is 3.35. The van der Waals surface area contributed by atoms with Crippen molar-refractivity contribution in [1.29, 1.82) is 0 Å². The maximum atomic E-state index is 10.8. The lowest BCUT2D eigenvalue weighted by Gasteiger charge is -2.10. The van der Waals surface area contributed by atoms with Crippen LogP contribution in [0.5, 0.6) is 0 Å². The molecule has 0 aliphatic rings. The van der Waals surface area contributed by atoms with Gasteiger partial charge in [-0.3, -0.25) is 4.79 Å². The summed E-state index contributed by atoms with van der Waals surface area (Å²) in [7, 11) is 0. The van der Waals surface area contributed by atoms with Crippen molar-refractivity contribution in [3.05, 3.63) is 28.2 Å². The van der Waals surface area contributed by atoms with Gasteiger partial charge in [-0.1, -0.05) is 28.9 Å². The highest BCUT2D eigenvalue weighted by molar-refractivity contribution is 9.10. The van der Waals surface area contributed by atoms with Crippen LogP contribution in [0.1, 0.15) is 18.9 Å². The Morgan fingerprint density at radius 3 is 2.94 bits per heavy atom. The van der Waals surface area contributed by atoms with Gasteiger partial charge in [-0.25, -0.2) is 0 Å². The second kappa shape index (κ2) is 7.74. The quantitative estimate of drug-likeness (QED) is 0.600. The molecule has 0 spiro atoms. The van der Waals surface area contributed by atoms with Crippen LogP contribution in [0.25, 0.3) is 0 Å². The summed E-state index contributed by atoms with van der Waals surface area (Å²) >= 11 is 4.92. The van der Waals surface area contributed by atoms with Crippen molar-refractivity contribution < 1.29 is 4.79 Å². The minimum absolute atomic E-state index is 0.289. The standard InChI is InChI=1S/C12H17BrN2OS/c1-2-5-15-7-9-3-4-10(13)6-11(9)17-8-12(14)16/h3-4,6,15H,2,5,7-8H2,1H3,(H2,14,16). The summed E-state index contributed by atoms with van der Waals surface area (Å²) < 4.78 is 1.02. The van der Waals surface area contributed by atoms with Crippen LogP contribution in [0.2, 0.25) is 0 Å². The summed E-state index contributed by atoms with van der Waals surface area (Å²) in [6, 6.07) is 6.10. The van der Waals surface area contributed by atoms with Crippen LogP contribution in [0.4, 0.5) is 0 Å². The molecule has 0 atom stereocenters. The zero-order valence-electron chi connectivity index (χ0n) is 9.83. The van der Waals surface area contributed by atoms with Crippen molar-refractivity contribution in [1.82, 2.24) is 5.32 Å². The molecule has 1 rings (SSSR count). The molecule has 3 nitrogen and oxygen atoms in total. The van der Waals surface area contributed by atoms with E-state index in [0.717, 1.165) is 28.9 Å². The highest BCUT2D eigenvalue weighted by Crippen LogP contribution is 2.26. The maximum absolute atomic E-state index is 10.8. The van der Waals surface area contributed by atoms with Gasteiger partial charge in [0, 0.05) is 15.9 Å². The Morgan fingerprint density at radius 2 is 2.29 bits per heavy atom. The smallest absolute Gasteiger partial charge is 0.227 e. The van der Waals surface area contributed by atoms with Gasteiger partial charge in [-0.2, -0.15) is 0 Å². The Balaban J connectivity index is 2.69. The van der Waals surface area contributed by atoms with E-state index in [1.807, 2.05) is 12.1 Å². The molecule has 0 saturated heterocycles. The molecule has 0 aromatic heterocycles. The molecule has 0 aliphatic carbocycles. The lowest BCUT2D eigenvalue weighted by molar-refractivity contribution is -0.115. The molecule has 0 aliphatic heterocycles. The molecule has 0 unspecified atom stereocenters. The van der Waals surface area contributed by atoms with Crippen molar-refractivity contribution in [2.24, 2.45) is 5.73 Å². The van der Waals surface area contributed by atoms with Crippen molar-refractivity contribution in [2.75, 3.05) is 12.3 Å². The van der Waals surface area contributed by atoms with E-state index in [2.05, 4.69) is 34.2 Å². The third-order valence-corrected chi connectivity index (χ3v) is 3.75. The summed E-state index contributed by atoms with van der Waals surface area (Å²) in [6.07, 6.45) is 1.11. The minimum atomic E-state index is -0.289. The maximum Gasteiger partial charge on any atom is 0.227 e. The summed E-state index contributed by atoms with van der Waals surface area (Å²) in [4.78, 5) is 11.9. The molecule has 0 saturated carbocycles. The fourth-order valence-electron chi connectivity index (χ4n) is 1.36. The zero-order valence-corrected chi connectivity index (χ0v) is 12.2. The second-order valence-corrected chi connectivity index (χ2v) is 5.62. The number of thioether (sulfide) groups is 1. The minimum Gasteiger partial charge on any atom is -0.369 e. The Bertz CT molecular complexity index is 385. The van der Waals surface area contributed by atoms with Crippen LogP contribution in [0, 0.1) is 0 Å². The number of rotatable bonds is 7. The van der Waals surface area contributed by atoms with E-state index in [1.54, 1.807) is 0 Å². The largest absolute Gasteiger partial charge is 0.369 e. The number of nitrogens with one attached hydrogen (secondary N) is 1. The fraction of sp³-hybridized carbons (Fsp3) is 0.417. The van der Waals surface area contributed by atoms with Gasteiger partial charge in [0.15, 0.2) is 0 Å². The highest BCUT2D eigenvalue weighted by atomic mass is 79.9. The number of benzene rings is 1. The number of hydrogen-bond acceptors (Lipinski definition) is 3. The first-order valence-corrected chi connectivity index (χ1v) is 7.31. The molecule has 94 valence electrons. The van der Waals surface area contributed by atoms with Gasteiger partial charge < -0.3 is 11.1 Å². The van der Waals surface area contributed by atoms with Crippen molar-refractivity contribution in [3.8, 4) is 0 Å². The molecule has 0 radical (unpaired) electrons. The van der Waals surface area contributed by atoms with Crippen LogP contribution in [-0.2, 0) is 11.3 Å². The third-order valence-electron chi connectivity index (χ3n) is 2.14. The lowest BCUT2D eigenvalue weighted by Crippen LogP contribution is -2.15. The number of carbonyl (C=O) groups excluding carboxylic acids is 1. The molecular weight excluding hydrogens is 300 g/mol. The molecule has 0 fully saturated rings. The molecule has 0 bridgehead atoms. The number of hydrogen-bond donors (Lipinski definition) is 2. The van der Waals surface area contributed by atoms with Gasteiger partial charge in [0.05, 0.1) is 5.75 Å². The van der Waals surface area contributed by atoms with E-state index in [0.29, 0.717) is 5.75 Å². The first-order chi connectivity index (χ1) is 8.13. The summed E-state index contributed by atoms with van der Waals surface area (Å²) in [5.74, 6) is 0.0273. The predicted octanol–water partition coefficient (Wildman–Crippen LogP) is 2.53. The van der Waals surface area contributed by atoms with E-state index in [4.69, 9.17) is 5.73 Å². The second-order valence-electron chi connectivity index (χ2n) is 3.68. The highest BCUT2D eigenvalue weighted by Gasteiger charge is 2.05. The number of primary amides is 1. The molecule has 1 amide bonds. The van der Waals surface area contributed by atoms with Gasteiger partial charge in [0.1, 0.15) is 0 Å². The molecule has 0 heterocycles. The van der Waals surface area contributed by atoms with E-state index in [9.17, 15) is 4.79 Å². The topological polar surface area (TPSA) is 55.1 Å². The Labute approximate surface area is 115 Å². The van der Waals surface area contributed by atoms with Crippen molar-refractivity contribution in [2.45, 2.75) is 24.8 Å². The molecule has 5 heteroatoms. The summed E-state index contributed by atoms with van der Waals surface area (Å²) in [6.45, 7) is 3.95. The fourth-order valence-corrected chi connectivity index (χ4v) is 2.70. The van der Waals surface area contributed by atoms with E-state index in [-0.39, 0.29) is 5.91 Å². The first-order valence-electron chi connectivity index (χ1n) is 5.53. The van der Waals surface area contributed by atoms with Gasteiger partial charge in [0.25, 0.3) is 0 Å². The SMILES string of the molecule is CCCNCc1ccc(Br)cc1SCC(N)=O. The molecule has 3 N–H and O–H groups in total. The Kier molecular flexibility index (Phi) is 6.62.